The van der Waals surface area contributed by atoms with Gasteiger partial charge in [0.05, 0.1) is 0 Å². The highest BCUT2D eigenvalue weighted by molar-refractivity contribution is 7.80. The molecule has 9 atom stereocenters. The minimum Gasteiger partial charge on any atom is -0.463 e. The fourth-order valence-electron chi connectivity index (χ4n) is 11.7. The standard InChI is InChI=1S/C36H61N3O2S/c1-23(2)11-10-12-24(3)28-15-16-31-34(28,5)20-18-32-35(6)19-17-27(41-25(4)40)21-29(35)30(22-36(31,32)7)38-39-33(42)37-26-13-8-9-14-26/h23-24,26-29,31-32H,8-22H2,1-7H3,(H2,37,39,42)/b38-30-/t24-,27+,28-,29-,31-,32-,34-,35+,36+/m1/s1. The van der Waals surface area contributed by atoms with Gasteiger partial charge in [-0.3, -0.25) is 10.2 Å². The van der Waals surface area contributed by atoms with Crippen LogP contribution >= 0.6 is 12.2 Å². The number of ether oxygens (including phenoxy) is 1. The highest BCUT2D eigenvalue weighted by Crippen LogP contribution is 2.72. The van der Waals surface area contributed by atoms with Crippen LogP contribution in [0.15, 0.2) is 5.10 Å². The number of rotatable bonds is 8. The van der Waals surface area contributed by atoms with Crippen LogP contribution in [0, 0.1) is 51.8 Å². The fraction of sp³-hybridized carbons (Fsp3) is 0.917. The molecule has 5 nitrogen and oxygen atoms in total. The maximum absolute atomic E-state index is 11.9. The van der Waals surface area contributed by atoms with Gasteiger partial charge in [-0.15, -0.1) is 0 Å². The van der Waals surface area contributed by atoms with Crippen molar-refractivity contribution in [2.24, 2.45) is 56.9 Å². The van der Waals surface area contributed by atoms with Crippen LogP contribution < -0.4 is 10.7 Å². The maximum Gasteiger partial charge on any atom is 0.302 e. The lowest BCUT2D eigenvalue weighted by Crippen LogP contribution is -2.62. The minimum absolute atomic E-state index is 0.00453. The number of thiocarbonyl (C=S) groups is 1. The van der Waals surface area contributed by atoms with Crippen molar-refractivity contribution in [3.63, 3.8) is 0 Å². The molecule has 6 heteroatoms. The van der Waals surface area contributed by atoms with E-state index in [0.29, 0.717) is 28.4 Å². The van der Waals surface area contributed by atoms with Crippen molar-refractivity contribution >= 4 is 29.0 Å². The van der Waals surface area contributed by atoms with E-state index in [1.165, 1.54) is 76.3 Å². The molecule has 0 spiro atoms. The molecule has 5 aliphatic rings. The predicted octanol–water partition coefficient (Wildman–Crippen LogP) is 8.80. The highest BCUT2D eigenvalue weighted by atomic mass is 32.1. The summed E-state index contributed by atoms with van der Waals surface area (Å²) < 4.78 is 5.83. The van der Waals surface area contributed by atoms with Crippen molar-refractivity contribution in [3.8, 4) is 0 Å². The number of carbonyl (C=O) groups is 1. The number of esters is 1. The lowest BCUT2D eigenvalue weighted by atomic mass is 9.39. The molecule has 0 aromatic carbocycles. The molecule has 0 aromatic rings. The second kappa shape index (κ2) is 12.7. The van der Waals surface area contributed by atoms with E-state index in [1.807, 2.05) is 0 Å². The average molecular weight is 600 g/mol. The van der Waals surface area contributed by atoms with E-state index in [4.69, 9.17) is 22.1 Å². The van der Waals surface area contributed by atoms with Crippen LogP contribution in [-0.4, -0.2) is 28.9 Å². The molecule has 0 aliphatic heterocycles. The van der Waals surface area contributed by atoms with Crippen LogP contribution in [0.4, 0.5) is 0 Å². The Morgan fingerprint density at radius 2 is 1.64 bits per heavy atom. The summed E-state index contributed by atoms with van der Waals surface area (Å²) in [6.45, 7) is 16.7. The van der Waals surface area contributed by atoms with Gasteiger partial charge in [-0.25, -0.2) is 0 Å². The number of carbonyl (C=O) groups excluding carboxylic acids is 1. The third kappa shape index (κ3) is 6.18. The Morgan fingerprint density at radius 1 is 0.952 bits per heavy atom. The molecule has 0 heterocycles. The molecule has 0 bridgehead atoms. The van der Waals surface area contributed by atoms with E-state index < -0.39 is 0 Å². The molecule has 238 valence electrons. The van der Waals surface area contributed by atoms with Crippen LogP contribution in [0.5, 0.6) is 0 Å². The first kappa shape index (κ1) is 32.2. The Labute approximate surface area is 262 Å². The summed E-state index contributed by atoms with van der Waals surface area (Å²) in [7, 11) is 0. The van der Waals surface area contributed by atoms with Crippen LogP contribution in [0.25, 0.3) is 0 Å². The summed E-state index contributed by atoms with van der Waals surface area (Å²) in [6.07, 6.45) is 18.5. The largest absolute Gasteiger partial charge is 0.463 e. The molecule has 5 saturated carbocycles. The zero-order valence-corrected chi connectivity index (χ0v) is 28.7. The predicted molar refractivity (Wildman–Crippen MR) is 177 cm³/mol. The molecule has 0 unspecified atom stereocenters. The number of hydrogen-bond donors (Lipinski definition) is 2. The summed E-state index contributed by atoms with van der Waals surface area (Å²) in [6, 6.07) is 0.476. The average Bonchev–Trinajstić information content (AvgIpc) is 3.55. The van der Waals surface area contributed by atoms with Gasteiger partial charge in [-0.2, -0.15) is 5.10 Å². The fourth-order valence-corrected chi connectivity index (χ4v) is 11.9. The minimum atomic E-state index is -0.157. The van der Waals surface area contributed by atoms with Crippen molar-refractivity contribution in [2.75, 3.05) is 0 Å². The zero-order valence-electron chi connectivity index (χ0n) is 27.9. The van der Waals surface area contributed by atoms with Gasteiger partial charge < -0.3 is 10.1 Å². The molecule has 0 amide bonds. The second-order valence-electron chi connectivity index (χ2n) is 16.6. The number of hydrazone groups is 1. The molecule has 0 radical (unpaired) electrons. The van der Waals surface area contributed by atoms with Gasteiger partial charge in [0.2, 0.25) is 0 Å². The van der Waals surface area contributed by atoms with Crippen molar-refractivity contribution in [1.29, 1.82) is 0 Å². The highest BCUT2D eigenvalue weighted by Gasteiger charge is 2.66. The monoisotopic (exact) mass is 599 g/mol. The van der Waals surface area contributed by atoms with Gasteiger partial charge in [0.25, 0.3) is 0 Å². The van der Waals surface area contributed by atoms with E-state index in [0.717, 1.165) is 49.4 Å². The summed E-state index contributed by atoms with van der Waals surface area (Å²) >= 11 is 5.75. The summed E-state index contributed by atoms with van der Waals surface area (Å²) in [5, 5.41) is 9.37. The quantitative estimate of drug-likeness (QED) is 0.166. The SMILES string of the molecule is CC(=O)O[C@H]1CC[C@]2(C)[C@H]3CC[C@@]4(C)[C@@H](CC[C@@H]4[C@H](C)CCCC(C)C)[C@]3(C)C/C(=N/NC(=S)NC3CCCC3)[C@H]2C1. The smallest absolute Gasteiger partial charge is 0.302 e. The summed E-state index contributed by atoms with van der Waals surface area (Å²) in [5.41, 5.74) is 5.43. The molecular formula is C36H61N3O2S. The molecule has 42 heavy (non-hydrogen) atoms. The first-order valence-electron chi connectivity index (χ1n) is 17.7. The number of hydrogen-bond acceptors (Lipinski definition) is 4. The third-order valence-electron chi connectivity index (χ3n) is 13.5. The molecule has 0 saturated heterocycles. The van der Waals surface area contributed by atoms with Crippen molar-refractivity contribution in [3.05, 3.63) is 0 Å². The number of fused-ring (bicyclic) bond motifs is 5. The van der Waals surface area contributed by atoms with E-state index in [-0.39, 0.29) is 22.9 Å². The van der Waals surface area contributed by atoms with Gasteiger partial charge in [-0.05, 0) is 122 Å². The van der Waals surface area contributed by atoms with Gasteiger partial charge in [0.15, 0.2) is 5.11 Å². The Kier molecular flexibility index (Phi) is 9.73. The topological polar surface area (TPSA) is 62.7 Å². The first-order chi connectivity index (χ1) is 19.9. The van der Waals surface area contributed by atoms with Crippen molar-refractivity contribution in [1.82, 2.24) is 10.7 Å². The van der Waals surface area contributed by atoms with Crippen molar-refractivity contribution in [2.45, 2.75) is 157 Å². The van der Waals surface area contributed by atoms with E-state index >= 15 is 0 Å². The summed E-state index contributed by atoms with van der Waals surface area (Å²) in [5.74, 6) is 4.03. The van der Waals surface area contributed by atoms with Crippen molar-refractivity contribution < 1.29 is 9.53 Å². The summed E-state index contributed by atoms with van der Waals surface area (Å²) in [4.78, 5) is 11.9. The molecule has 5 aliphatic carbocycles. The van der Waals surface area contributed by atoms with Gasteiger partial charge in [-0.1, -0.05) is 73.6 Å². The lowest BCUT2D eigenvalue weighted by Gasteiger charge is -2.66. The van der Waals surface area contributed by atoms with Crippen LogP contribution in [0.2, 0.25) is 0 Å². The second-order valence-corrected chi connectivity index (χ2v) is 17.0. The molecule has 2 N–H and O–H groups in total. The molecule has 0 aromatic heterocycles. The van der Waals surface area contributed by atoms with Gasteiger partial charge in [0, 0.05) is 24.6 Å². The normalized spacial score (nSPS) is 41.6. The molecule has 5 fully saturated rings. The van der Waals surface area contributed by atoms with Crippen LogP contribution in [0.1, 0.15) is 145 Å². The number of nitrogens with one attached hydrogen (secondary N) is 2. The Balaban J connectivity index is 1.40. The third-order valence-corrected chi connectivity index (χ3v) is 13.7. The molecule has 5 rings (SSSR count). The first-order valence-corrected chi connectivity index (χ1v) is 18.1. The molecular weight excluding hydrogens is 538 g/mol. The Morgan fingerprint density at radius 3 is 2.33 bits per heavy atom. The number of nitrogens with zero attached hydrogens (tertiary/aromatic N) is 1. The Hall–Kier alpha value is -1.17. The zero-order chi connectivity index (χ0) is 30.3. The van der Waals surface area contributed by atoms with Gasteiger partial charge >= 0.3 is 5.97 Å². The van der Waals surface area contributed by atoms with E-state index in [1.54, 1.807) is 6.92 Å². The lowest BCUT2D eigenvalue weighted by molar-refractivity contribution is -0.161. The van der Waals surface area contributed by atoms with Gasteiger partial charge in [0.1, 0.15) is 6.10 Å². The van der Waals surface area contributed by atoms with E-state index in [9.17, 15) is 4.79 Å². The maximum atomic E-state index is 11.9. The van der Waals surface area contributed by atoms with E-state index in [2.05, 4.69) is 52.3 Å². The Bertz CT molecular complexity index is 1020. The van der Waals surface area contributed by atoms with Crippen LogP contribution in [0.3, 0.4) is 0 Å². The van der Waals surface area contributed by atoms with Crippen LogP contribution in [-0.2, 0) is 9.53 Å².